The molecule has 6 rings (SSSR count). The van der Waals surface area contributed by atoms with E-state index in [1.807, 2.05) is 12.1 Å². The molecule has 0 saturated heterocycles. The Hall–Kier alpha value is -1.89. The van der Waals surface area contributed by atoms with Crippen molar-refractivity contribution in [3.63, 3.8) is 0 Å². The highest BCUT2D eigenvalue weighted by molar-refractivity contribution is 6.01. The smallest absolute Gasteiger partial charge is 0.224 e. The van der Waals surface area contributed by atoms with Crippen molar-refractivity contribution in [1.29, 1.82) is 0 Å². The Morgan fingerprint density at radius 1 is 1.02 bits per heavy atom. The van der Waals surface area contributed by atoms with Gasteiger partial charge < -0.3 is 25.2 Å². The molecule has 1 aromatic heterocycles. The third-order valence-corrected chi connectivity index (χ3v) is 12.9. The van der Waals surface area contributed by atoms with Crippen LogP contribution in [0.5, 0.6) is 0 Å². The Morgan fingerprint density at radius 3 is 2.56 bits per heavy atom. The predicted molar refractivity (Wildman–Crippen MR) is 163 cm³/mol. The maximum Gasteiger partial charge on any atom is 0.224 e. The van der Waals surface area contributed by atoms with Crippen LogP contribution in [0.25, 0.3) is 10.9 Å². The van der Waals surface area contributed by atoms with Crippen molar-refractivity contribution in [3.05, 3.63) is 30.5 Å². The lowest BCUT2D eigenvalue weighted by Crippen LogP contribution is -2.62. The van der Waals surface area contributed by atoms with Gasteiger partial charge in [0.2, 0.25) is 5.91 Å². The second-order valence-electron chi connectivity index (χ2n) is 15.1. The van der Waals surface area contributed by atoms with E-state index in [0.717, 1.165) is 68.0 Å². The molecule has 41 heavy (non-hydrogen) atoms. The highest BCUT2D eigenvalue weighted by atomic mass is 16.3. The minimum Gasteiger partial charge on any atom is -0.393 e. The van der Waals surface area contributed by atoms with Crippen LogP contribution in [0.15, 0.2) is 30.5 Å². The second kappa shape index (κ2) is 10.7. The van der Waals surface area contributed by atoms with Gasteiger partial charge in [0.05, 0.1) is 29.5 Å². The van der Waals surface area contributed by atoms with E-state index in [4.69, 9.17) is 0 Å². The number of nitrogens with zero attached hydrogens (tertiary/aromatic N) is 1. The molecule has 0 unspecified atom stereocenters. The monoisotopic (exact) mass is 564 g/mol. The molecule has 11 atom stereocenters. The highest BCUT2D eigenvalue weighted by Crippen LogP contribution is 2.68. The number of carbonyl (C=O) groups excluding carboxylic acids is 1. The summed E-state index contributed by atoms with van der Waals surface area (Å²) in [6, 6.07) is 8.54. The number of rotatable bonds is 6. The van der Waals surface area contributed by atoms with E-state index in [1.165, 1.54) is 0 Å². The summed E-state index contributed by atoms with van der Waals surface area (Å²) in [5, 5.41) is 38.0. The van der Waals surface area contributed by atoms with Gasteiger partial charge in [-0.05, 0) is 130 Å². The molecule has 1 amide bonds. The summed E-state index contributed by atoms with van der Waals surface area (Å²) in [5.74, 6) is 1.87. The normalized spacial score (nSPS) is 41.1. The topological polar surface area (TPSA) is 94.7 Å². The first kappa shape index (κ1) is 29.2. The first-order valence-corrected chi connectivity index (χ1v) is 16.4. The lowest BCUT2D eigenvalue weighted by Gasteiger charge is -2.63. The molecule has 1 aromatic carbocycles. The van der Waals surface area contributed by atoms with Gasteiger partial charge in [-0.15, -0.1) is 0 Å². The summed E-state index contributed by atoms with van der Waals surface area (Å²) in [7, 11) is 0. The van der Waals surface area contributed by atoms with Crippen molar-refractivity contribution < 1.29 is 20.1 Å². The lowest BCUT2D eigenvalue weighted by molar-refractivity contribution is -0.207. The van der Waals surface area contributed by atoms with Gasteiger partial charge in [-0.1, -0.05) is 26.8 Å². The maximum absolute atomic E-state index is 13.1. The van der Waals surface area contributed by atoms with Crippen LogP contribution in [-0.2, 0) is 4.79 Å². The van der Waals surface area contributed by atoms with Crippen LogP contribution in [0, 0.1) is 46.3 Å². The molecule has 4 aliphatic rings. The first-order valence-electron chi connectivity index (χ1n) is 16.4. The van der Waals surface area contributed by atoms with Crippen LogP contribution in [0.3, 0.4) is 0 Å². The van der Waals surface area contributed by atoms with E-state index < -0.39 is 6.10 Å². The van der Waals surface area contributed by atoms with E-state index in [9.17, 15) is 20.1 Å². The van der Waals surface area contributed by atoms with Crippen molar-refractivity contribution in [2.45, 2.75) is 117 Å². The third kappa shape index (κ3) is 4.67. The first-order chi connectivity index (χ1) is 19.4. The van der Waals surface area contributed by atoms with Crippen LogP contribution in [0.2, 0.25) is 0 Å². The minimum absolute atomic E-state index is 0.0479. The number of hydrogen-bond donors (Lipinski definition) is 4. The van der Waals surface area contributed by atoms with Gasteiger partial charge in [0.25, 0.3) is 0 Å². The fourth-order valence-electron chi connectivity index (χ4n) is 10.7. The number of nitrogens with one attached hydrogen (secondary N) is 1. The number of hydrogen-bond acceptors (Lipinski definition) is 4. The SMILES string of the molecule is CC(C)n1ccc2c(NC(=O)CC[C@@H](C)[C@H]3CC[C@H]4[C@@H]5[C@H](O)C[C@@H]6C[C@H](O)CC[C@]6(C)[C@H]5C[C@H](O)[C@]34C)cccc21. The molecule has 0 spiro atoms. The molecule has 0 bridgehead atoms. The Kier molecular flexibility index (Phi) is 7.60. The summed E-state index contributed by atoms with van der Waals surface area (Å²) in [6.07, 6.45) is 8.60. The van der Waals surface area contributed by atoms with E-state index >= 15 is 0 Å². The number of anilines is 1. The van der Waals surface area contributed by atoms with Gasteiger partial charge in [0.15, 0.2) is 0 Å². The summed E-state index contributed by atoms with van der Waals surface area (Å²) >= 11 is 0. The zero-order valence-corrected chi connectivity index (χ0v) is 25.7. The van der Waals surface area contributed by atoms with Gasteiger partial charge in [0.1, 0.15) is 0 Å². The van der Waals surface area contributed by atoms with Crippen LogP contribution in [-0.4, -0.2) is 44.1 Å². The van der Waals surface area contributed by atoms with Crippen molar-refractivity contribution in [2.24, 2.45) is 46.3 Å². The number of aromatic nitrogens is 1. The molecule has 4 N–H and O–H groups in total. The average molecular weight is 565 g/mol. The van der Waals surface area contributed by atoms with Gasteiger partial charge >= 0.3 is 0 Å². The zero-order valence-electron chi connectivity index (χ0n) is 25.7. The average Bonchev–Trinajstić information content (AvgIpc) is 3.52. The number of aliphatic hydroxyl groups excluding tert-OH is 3. The number of benzene rings is 1. The quantitative estimate of drug-likeness (QED) is 0.321. The maximum atomic E-state index is 13.1. The molecular weight excluding hydrogens is 512 g/mol. The van der Waals surface area contributed by atoms with Gasteiger partial charge in [-0.25, -0.2) is 0 Å². The molecule has 0 aliphatic heterocycles. The fraction of sp³-hybridized carbons (Fsp3) is 0.743. The lowest BCUT2D eigenvalue weighted by atomic mass is 9.43. The van der Waals surface area contributed by atoms with Crippen LogP contribution >= 0.6 is 0 Å². The fourth-order valence-corrected chi connectivity index (χ4v) is 10.7. The number of fused-ring (bicyclic) bond motifs is 6. The Morgan fingerprint density at radius 2 is 1.80 bits per heavy atom. The third-order valence-electron chi connectivity index (χ3n) is 12.9. The van der Waals surface area contributed by atoms with E-state index in [2.05, 4.69) is 62.8 Å². The molecule has 6 nitrogen and oxygen atoms in total. The van der Waals surface area contributed by atoms with Crippen LogP contribution in [0.4, 0.5) is 5.69 Å². The Labute approximate surface area is 245 Å². The van der Waals surface area contributed by atoms with Crippen molar-refractivity contribution in [2.75, 3.05) is 5.32 Å². The summed E-state index contributed by atoms with van der Waals surface area (Å²) in [5.41, 5.74) is 1.86. The number of carbonyl (C=O) groups is 1. The number of amides is 1. The predicted octanol–water partition coefficient (Wildman–Crippen LogP) is 6.54. The van der Waals surface area contributed by atoms with Gasteiger partial charge in [-0.2, -0.15) is 0 Å². The van der Waals surface area contributed by atoms with Gasteiger partial charge in [0, 0.05) is 24.0 Å². The van der Waals surface area contributed by atoms with Crippen molar-refractivity contribution in [3.8, 4) is 0 Å². The Balaban J connectivity index is 1.14. The summed E-state index contributed by atoms with van der Waals surface area (Å²) in [6.45, 7) is 11.3. The zero-order chi connectivity index (χ0) is 29.3. The molecule has 6 heteroatoms. The van der Waals surface area contributed by atoms with E-state index in [0.29, 0.717) is 42.1 Å². The number of aliphatic hydroxyl groups is 3. The van der Waals surface area contributed by atoms with Crippen LogP contribution < -0.4 is 5.32 Å². The Bertz CT molecular complexity index is 1270. The molecule has 1 heterocycles. The van der Waals surface area contributed by atoms with E-state index in [1.54, 1.807) is 0 Å². The van der Waals surface area contributed by atoms with Crippen LogP contribution in [0.1, 0.15) is 98.4 Å². The molecule has 4 saturated carbocycles. The molecular formula is C35H52N2O4. The minimum atomic E-state index is -0.394. The second-order valence-corrected chi connectivity index (χ2v) is 15.1. The van der Waals surface area contributed by atoms with Crippen molar-refractivity contribution >= 4 is 22.5 Å². The van der Waals surface area contributed by atoms with E-state index in [-0.39, 0.29) is 34.9 Å². The van der Waals surface area contributed by atoms with Crippen molar-refractivity contribution in [1.82, 2.24) is 4.57 Å². The summed E-state index contributed by atoms with van der Waals surface area (Å²) < 4.78 is 2.23. The molecule has 4 aliphatic carbocycles. The molecule has 226 valence electrons. The standard InChI is InChI=1S/C35H52N2O4/c1-20(2)37-16-14-24-28(7-6-8-29(24)37)36-32(41)12-9-21(3)25-10-11-26-33-27(19-31(40)35(25,26)5)34(4)15-13-23(38)17-22(34)18-30(33)39/h6-8,14,16,20-23,25-27,30-31,33,38-40H,9-13,15,17-19H2,1-5H3,(H,36,41)/t21-,22+,23-,25-,26+,27+,30-,31+,33+,34+,35-/m1/s1. The largest absolute Gasteiger partial charge is 0.393 e. The highest BCUT2D eigenvalue weighted by Gasteiger charge is 2.65. The molecule has 4 fully saturated rings. The van der Waals surface area contributed by atoms with Gasteiger partial charge in [-0.3, -0.25) is 4.79 Å². The molecule has 0 radical (unpaired) electrons. The summed E-state index contributed by atoms with van der Waals surface area (Å²) in [4.78, 5) is 13.1. The molecule has 2 aromatic rings.